The van der Waals surface area contributed by atoms with E-state index in [1.807, 2.05) is 6.92 Å². The first-order chi connectivity index (χ1) is 8.24. The summed E-state index contributed by atoms with van der Waals surface area (Å²) in [6, 6.07) is 10.7. The van der Waals surface area contributed by atoms with Gasteiger partial charge in [0.15, 0.2) is 0 Å². The number of rotatable bonds is 3. The van der Waals surface area contributed by atoms with Crippen LogP contribution in [0.3, 0.4) is 0 Å². The van der Waals surface area contributed by atoms with Gasteiger partial charge in [0.2, 0.25) is 0 Å². The molecule has 0 N–H and O–H groups in total. The highest BCUT2D eigenvalue weighted by Gasteiger charge is 2.09. The second-order valence-electron chi connectivity index (χ2n) is 3.91. The maximum absolute atomic E-state index is 8.68. The fourth-order valence-electron chi connectivity index (χ4n) is 1.76. The largest absolute Gasteiger partial charge is 0.245 e. The lowest BCUT2D eigenvalue weighted by Crippen LogP contribution is -1.81. The van der Waals surface area contributed by atoms with Gasteiger partial charge in [-0.05, 0) is 24.5 Å². The third kappa shape index (κ3) is 2.54. The Morgan fingerprint density at radius 2 is 2.00 bits per heavy atom. The van der Waals surface area contributed by atoms with E-state index in [-0.39, 0.29) is 0 Å². The second-order valence-corrected chi connectivity index (χ2v) is 4.99. The van der Waals surface area contributed by atoms with E-state index in [2.05, 4.69) is 42.2 Å². The normalized spacial score (nSPS) is 10.2. The Balaban J connectivity index is 2.35. The van der Waals surface area contributed by atoms with Crippen molar-refractivity contribution in [3.05, 3.63) is 40.5 Å². The van der Waals surface area contributed by atoms with Gasteiger partial charge in [0.25, 0.3) is 0 Å². The molecule has 2 aromatic rings. The topological polar surface area (TPSA) is 36.7 Å². The van der Waals surface area contributed by atoms with Gasteiger partial charge in [0.05, 0.1) is 23.1 Å². The van der Waals surface area contributed by atoms with E-state index in [0.717, 1.165) is 17.1 Å². The van der Waals surface area contributed by atoms with Gasteiger partial charge < -0.3 is 0 Å². The molecule has 0 aliphatic carbocycles. The lowest BCUT2D eigenvalue weighted by atomic mass is 10.1. The van der Waals surface area contributed by atoms with Crippen LogP contribution in [-0.2, 0) is 12.8 Å². The molecule has 2 rings (SSSR count). The van der Waals surface area contributed by atoms with E-state index in [9.17, 15) is 0 Å². The summed E-state index contributed by atoms with van der Waals surface area (Å²) in [7, 11) is 0. The molecule has 1 heterocycles. The molecule has 86 valence electrons. The number of thiazole rings is 1. The third-order valence-electron chi connectivity index (χ3n) is 2.70. The minimum Gasteiger partial charge on any atom is -0.245 e. The van der Waals surface area contributed by atoms with Crippen LogP contribution in [0.2, 0.25) is 0 Å². The number of nitrogens with zero attached hydrogens (tertiary/aromatic N) is 2. The second kappa shape index (κ2) is 5.11. The summed E-state index contributed by atoms with van der Waals surface area (Å²) in [5.74, 6) is 0. The average Bonchev–Trinajstić information content (AvgIpc) is 2.71. The zero-order chi connectivity index (χ0) is 12.3. The molecule has 2 nitrogen and oxygen atoms in total. The molecule has 0 unspecified atom stereocenters. The van der Waals surface area contributed by atoms with Gasteiger partial charge in [-0.3, -0.25) is 0 Å². The number of hydrogen-bond donors (Lipinski definition) is 0. The van der Waals surface area contributed by atoms with Crippen LogP contribution in [0.4, 0.5) is 0 Å². The van der Waals surface area contributed by atoms with Crippen LogP contribution >= 0.6 is 11.3 Å². The van der Waals surface area contributed by atoms with Crippen LogP contribution < -0.4 is 0 Å². The molecular weight excluding hydrogens is 228 g/mol. The quantitative estimate of drug-likeness (QED) is 0.822. The highest BCUT2D eigenvalue weighted by atomic mass is 32.1. The van der Waals surface area contributed by atoms with Crippen molar-refractivity contribution in [2.75, 3.05) is 0 Å². The Morgan fingerprint density at radius 3 is 2.59 bits per heavy atom. The summed E-state index contributed by atoms with van der Waals surface area (Å²) < 4.78 is 0. The van der Waals surface area contributed by atoms with Crippen LogP contribution in [0, 0.1) is 18.3 Å². The molecule has 0 amide bonds. The number of aromatic nitrogens is 1. The van der Waals surface area contributed by atoms with E-state index in [1.165, 1.54) is 16.0 Å². The fourth-order valence-corrected chi connectivity index (χ4v) is 2.76. The lowest BCUT2D eigenvalue weighted by molar-refractivity contribution is 1.13. The predicted octanol–water partition coefficient (Wildman–Crippen LogP) is 3.75. The summed E-state index contributed by atoms with van der Waals surface area (Å²) >= 11 is 1.62. The van der Waals surface area contributed by atoms with Crippen molar-refractivity contribution >= 4 is 11.3 Å². The standard InChI is InChI=1S/C14H14N2S/c1-3-11-4-6-12(7-5-11)14-10(2)16-13(17-14)8-9-15/h4-7H,3,8H2,1-2H3. The van der Waals surface area contributed by atoms with Gasteiger partial charge in [0, 0.05) is 0 Å². The van der Waals surface area contributed by atoms with Crippen LogP contribution in [0.5, 0.6) is 0 Å². The first-order valence-electron chi connectivity index (χ1n) is 5.67. The maximum Gasteiger partial charge on any atom is 0.108 e. The molecule has 0 saturated heterocycles. The Bertz CT molecular complexity index is 547. The van der Waals surface area contributed by atoms with Gasteiger partial charge >= 0.3 is 0 Å². The van der Waals surface area contributed by atoms with Crippen molar-refractivity contribution in [2.24, 2.45) is 0 Å². The number of benzene rings is 1. The van der Waals surface area contributed by atoms with Crippen LogP contribution in [0.1, 0.15) is 23.2 Å². The minimum atomic E-state index is 0.401. The molecule has 0 bridgehead atoms. The van der Waals surface area contributed by atoms with Gasteiger partial charge in [-0.2, -0.15) is 5.26 Å². The van der Waals surface area contributed by atoms with Gasteiger partial charge in [-0.15, -0.1) is 11.3 Å². The van der Waals surface area contributed by atoms with Gasteiger partial charge in [-0.25, -0.2) is 4.98 Å². The first kappa shape index (κ1) is 11.8. The molecule has 1 aromatic carbocycles. The first-order valence-corrected chi connectivity index (χ1v) is 6.48. The molecular formula is C14H14N2S. The molecule has 3 heteroatoms. The van der Waals surface area contributed by atoms with Crippen molar-refractivity contribution < 1.29 is 0 Å². The Morgan fingerprint density at radius 1 is 1.29 bits per heavy atom. The van der Waals surface area contributed by atoms with Crippen molar-refractivity contribution in [3.63, 3.8) is 0 Å². The molecule has 0 atom stereocenters. The summed E-state index contributed by atoms with van der Waals surface area (Å²) in [6.07, 6.45) is 1.46. The van der Waals surface area contributed by atoms with E-state index in [4.69, 9.17) is 5.26 Å². The lowest BCUT2D eigenvalue weighted by Gasteiger charge is -2.00. The van der Waals surface area contributed by atoms with E-state index >= 15 is 0 Å². The van der Waals surface area contributed by atoms with Crippen molar-refractivity contribution in [3.8, 4) is 16.5 Å². The molecule has 0 spiro atoms. The molecule has 17 heavy (non-hydrogen) atoms. The Labute approximate surface area is 106 Å². The minimum absolute atomic E-state index is 0.401. The van der Waals surface area contributed by atoms with Gasteiger partial charge in [-0.1, -0.05) is 31.2 Å². The summed E-state index contributed by atoms with van der Waals surface area (Å²) in [5, 5.41) is 9.58. The third-order valence-corrected chi connectivity index (χ3v) is 3.90. The molecule has 0 fully saturated rings. The average molecular weight is 242 g/mol. The van der Waals surface area contributed by atoms with E-state index in [0.29, 0.717) is 6.42 Å². The number of nitriles is 1. The predicted molar refractivity (Wildman–Crippen MR) is 71.0 cm³/mol. The Hall–Kier alpha value is -1.66. The fraction of sp³-hybridized carbons (Fsp3) is 0.286. The van der Waals surface area contributed by atoms with E-state index in [1.54, 1.807) is 11.3 Å². The zero-order valence-corrected chi connectivity index (χ0v) is 10.8. The summed E-state index contributed by atoms with van der Waals surface area (Å²) in [5.41, 5.74) is 3.55. The van der Waals surface area contributed by atoms with Crippen molar-refractivity contribution in [1.82, 2.24) is 4.98 Å². The SMILES string of the molecule is CCc1ccc(-c2sc(CC#N)nc2C)cc1. The highest BCUT2D eigenvalue weighted by molar-refractivity contribution is 7.15. The van der Waals surface area contributed by atoms with Crippen LogP contribution in [0.25, 0.3) is 10.4 Å². The van der Waals surface area contributed by atoms with Crippen molar-refractivity contribution in [2.45, 2.75) is 26.7 Å². The molecule has 0 aliphatic heterocycles. The summed E-state index contributed by atoms with van der Waals surface area (Å²) in [4.78, 5) is 5.59. The molecule has 0 saturated carbocycles. The highest BCUT2D eigenvalue weighted by Crippen LogP contribution is 2.30. The molecule has 1 aromatic heterocycles. The Kier molecular flexibility index (Phi) is 3.55. The van der Waals surface area contributed by atoms with Gasteiger partial charge in [0.1, 0.15) is 5.01 Å². The van der Waals surface area contributed by atoms with E-state index < -0.39 is 0 Å². The monoisotopic (exact) mass is 242 g/mol. The summed E-state index contributed by atoms with van der Waals surface area (Å²) in [6.45, 7) is 4.15. The maximum atomic E-state index is 8.68. The number of hydrogen-bond acceptors (Lipinski definition) is 3. The van der Waals surface area contributed by atoms with Crippen LogP contribution in [0.15, 0.2) is 24.3 Å². The number of aryl methyl sites for hydroxylation is 2. The molecule has 0 radical (unpaired) electrons. The zero-order valence-electron chi connectivity index (χ0n) is 10.0. The van der Waals surface area contributed by atoms with Crippen LogP contribution in [-0.4, -0.2) is 4.98 Å². The molecule has 0 aliphatic rings. The van der Waals surface area contributed by atoms with Crippen molar-refractivity contribution in [1.29, 1.82) is 5.26 Å². The smallest absolute Gasteiger partial charge is 0.108 e.